The van der Waals surface area contributed by atoms with Gasteiger partial charge in [0, 0.05) is 31.1 Å². The summed E-state index contributed by atoms with van der Waals surface area (Å²) in [5.41, 5.74) is 1.99. The van der Waals surface area contributed by atoms with Crippen molar-refractivity contribution in [1.29, 1.82) is 0 Å². The topological polar surface area (TPSA) is 53.2 Å². The first-order valence-corrected chi connectivity index (χ1v) is 6.59. The summed E-state index contributed by atoms with van der Waals surface area (Å²) in [6.07, 6.45) is 0. The summed E-state index contributed by atoms with van der Waals surface area (Å²) >= 11 is 0. The van der Waals surface area contributed by atoms with Crippen molar-refractivity contribution in [2.75, 3.05) is 14.1 Å². The van der Waals surface area contributed by atoms with Gasteiger partial charge >= 0.3 is 0 Å². The minimum atomic E-state index is -0.258. The van der Waals surface area contributed by atoms with Crippen LogP contribution in [0, 0.1) is 0 Å². The van der Waals surface area contributed by atoms with Crippen LogP contribution in [0.25, 0.3) is 10.9 Å². The summed E-state index contributed by atoms with van der Waals surface area (Å²) in [5, 5.41) is 0.788. The molecule has 0 fully saturated rings. The van der Waals surface area contributed by atoms with E-state index in [1.54, 1.807) is 14.1 Å². The second-order valence-corrected chi connectivity index (χ2v) is 6.26. The molecule has 20 heavy (non-hydrogen) atoms. The maximum Gasteiger partial charge on any atom is 0.254 e. The molecule has 0 aliphatic carbocycles. The maximum absolute atomic E-state index is 12.2. The Morgan fingerprint density at radius 2 is 1.80 bits per heavy atom. The van der Waals surface area contributed by atoms with Crippen molar-refractivity contribution in [3.63, 3.8) is 0 Å². The molecular weight excluding hydrogens is 252 g/mol. The van der Waals surface area contributed by atoms with Gasteiger partial charge in [-0.1, -0.05) is 26.8 Å². The van der Waals surface area contributed by atoms with Crippen LogP contribution in [0.4, 0.5) is 0 Å². The van der Waals surface area contributed by atoms with Crippen LogP contribution >= 0.6 is 0 Å². The highest BCUT2D eigenvalue weighted by atomic mass is 16.2. The van der Waals surface area contributed by atoms with Crippen molar-refractivity contribution in [3.8, 4) is 0 Å². The standard InChI is InChI=1S/C16H20N2O2/c1-16(2,3)10-6-7-13-11(8-10)12(9-14(19)17-13)15(20)18(4)5/h6-9H,1-5H3,(H,17,19). The van der Waals surface area contributed by atoms with Crippen LogP contribution in [-0.4, -0.2) is 29.9 Å². The molecule has 0 saturated heterocycles. The first-order chi connectivity index (χ1) is 9.20. The van der Waals surface area contributed by atoms with Crippen LogP contribution in [0.5, 0.6) is 0 Å². The fraction of sp³-hybridized carbons (Fsp3) is 0.375. The van der Waals surface area contributed by atoms with Gasteiger partial charge in [-0.2, -0.15) is 0 Å². The number of aromatic nitrogens is 1. The molecule has 2 rings (SSSR count). The average Bonchev–Trinajstić information content (AvgIpc) is 2.34. The number of carbonyl (C=O) groups excluding carboxylic acids is 1. The van der Waals surface area contributed by atoms with Crippen LogP contribution in [0.1, 0.15) is 36.7 Å². The van der Waals surface area contributed by atoms with Gasteiger partial charge in [0.25, 0.3) is 5.91 Å². The molecule has 1 amide bonds. The smallest absolute Gasteiger partial charge is 0.254 e. The molecule has 1 aromatic heterocycles. The van der Waals surface area contributed by atoms with Crippen molar-refractivity contribution >= 4 is 16.8 Å². The van der Waals surface area contributed by atoms with Crippen molar-refractivity contribution < 1.29 is 4.79 Å². The normalized spacial score (nSPS) is 11.7. The van der Waals surface area contributed by atoms with Crippen LogP contribution in [0.3, 0.4) is 0 Å². The zero-order valence-electron chi connectivity index (χ0n) is 12.6. The van der Waals surface area contributed by atoms with Crippen molar-refractivity contribution in [1.82, 2.24) is 9.88 Å². The van der Waals surface area contributed by atoms with Gasteiger partial charge in [0.2, 0.25) is 5.56 Å². The maximum atomic E-state index is 12.2. The zero-order chi connectivity index (χ0) is 15.1. The molecule has 4 nitrogen and oxygen atoms in total. The number of nitrogens with one attached hydrogen (secondary N) is 1. The van der Waals surface area contributed by atoms with E-state index in [-0.39, 0.29) is 16.9 Å². The number of benzene rings is 1. The molecule has 0 unspecified atom stereocenters. The SMILES string of the molecule is CN(C)C(=O)c1cc(=O)[nH]c2ccc(C(C)(C)C)cc12. The lowest BCUT2D eigenvalue weighted by Crippen LogP contribution is -2.24. The third-order valence-electron chi connectivity index (χ3n) is 3.35. The predicted octanol–water partition coefficient (Wildman–Crippen LogP) is 2.53. The van der Waals surface area contributed by atoms with E-state index in [0.29, 0.717) is 11.1 Å². The van der Waals surface area contributed by atoms with Gasteiger partial charge in [-0.15, -0.1) is 0 Å². The monoisotopic (exact) mass is 272 g/mol. The molecule has 0 radical (unpaired) electrons. The third-order valence-corrected chi connectivity index (χ3v) is 3.35. The fourth-order valence-electron chi connectivity index (χ4n) is 2.14. The summed E-state index contributed by atoms with van der Waals surface area (Å²) in [7, 11) is 3.37. The summed E-state index contributed by atoms with van der Waals surface area (Å²) in [6, 6.07) is 7.21. The number of aromatic amines is 1. The lowest BCUT2D eigenvalue weighted by atomic mass is 9.86. The molecule has 1 N–H and O–H groups in total. The summed E-state index contributed by atoms with van der Waals surface area (Å²) in [6.45, 7) is 6.36. The Kier molecular flexibility index (Phi) is 3.42. The molecule has 0 spiro atoms. The Labute approximate surface area is 118 Å². The second-order valence-electron chi connectivity index (χ2n) is 6.26. The fourth-order valence-corrected chi connectivity index (χ4v) is 2.14. The summed E-state index contributed by atoms with van der Waals surface area (Å²) in [4.78, 5) is 28.2. The Morgan fingerprint density at radius 3 is 2.35 bits per heavy atom. The van der Waals surface area contributed by atoms with E-state index in [4.69, 9.17) is 0 Å². The highest BCUT2D eigenvalue weighted by molar-refractivity contribution is 6.05. The number of rotatable bonds is 1. The van der Waals surface area contributed by atoms with Gasteiger partial charge < -0.3 is 9.88 Å². The minimum absolute atomic E-state index is 0.0112. The van der Waals surface area contributed by atoms with E-state index in [9.17, 15) is 9.59 Å². The van der Waals surface area contributed by atoms with Gasteiger partial charge in [-0.05, 0) is 23.1 Å². The van der Waals surface area contributed by atoms with Crippen molar-refractivity contribution in [2.24, 2.45) is 0 Å². The number of hydrogen-bond acceptors (Lipinski definition) is 2. The van der Waals surface area contributed by atoms with Crippen molar-refractivity contribution in [3.05, 3.63) is 45.7 Å². The van der Waals surface area contributed by atoms with Crippen LogP contribution < -0.4 is 5.56 Å². The third kappa shape index (κ3) is 2.59. The van der Waals surface area contributed by atoms with Crippen LogP contribution in [0.15, 0.2) is 29.1 Å². The van der Waals surface area contributed by atoms with E-state index in [0.717, 1.165) is 10.9 Å². The van der Waals surface area contributed by atoms with E-state index in [2.05, 4.69) is 25.8 Å². The Balaban J connectivity index is 2.78. The number of fused-ring (bicyclic) bond motifs is 1. The number of H-pyrrole nitrogens is 1. The zero-order valence-corrected chi connectivity index (χ0v) is 12.6. The first kappa shape index (κ1) is 14.3. The number of carbonyl (C=O) groups is 1. The molecule has 2 aromatic rings. The van der Waals surface area contributed by atoms with E-state index >= 15 is 0 Å². The molecule has 0 aliphatic heterocycles. The van der Waals surface area contributed by atoms with Crippen LogP contribution in [0.2, 0.25) is 0 Å². The minimum Gasteiger partial charge on any atom is -0.345 e. The summed E-state index contributed by atoms with van der Waals surface area (Å²) in [5.74, 6) is -0.160. The number of amides is 1. The van der Waals surface area contributed by atoms with Gasteiger partial charge in [-0.25, -0.2) is 0 Å². The quantitative estimate of drug-likeness (QED) is 0.867. The van der Waals surface area contributed by atoms with Crippen molar-refractivity contribution in [2.45, 2.75) is 26.2 Å². The van der Waals surface area contributed by atoms with Gasteiger partial charge in [0.05, 0.1) is 5.56 Å². The highest BCUT2D eigenvalue weighted by Crippen LogP contribution is 2.26. The van der Waals surface area contributed by atoms with E-state index in [1.807, 2.05) is 18.2 Å². The second kappa shape index (κ2) is 4.78. The molecule has 106 valence electrons. The number of pyridine rings is 1. The molecule has 1 heterocycles. The van der Waals surface area contributed by atoms with Gasteiger partial charge in [-0.3, -0.25) is 9.59 Å². The molecule has 0 aliphatic rings. The van der Waals surface area contributed by atoms with E-state index in [1.165, 1.54) is 11.0 Å². The Hall–Kier alpha value is -2.10. The number of hydrogen-bond donors (Lipinski definition) is 1. The molecule has 0 bridgehead atoms. The Morgan fingerprint density at radius 1 is 1.15 bits per heavy atom. The first-order valence-electron chi connectivity index (χ1n) is 6.59. The Bertz CT molecular complexity index is 721. The van der Waals surface area contributed by atoms with E-state index < -0.39 is 0 Å². The molecule has 0 saturated carbocycles. The molecule has 4 heteroatoms. The lowest BCUT2D eigenvalue weighted by Gasteiger charge is -2.20. The average molecular weight is 272 g/mol. The van der Waals surface area contributed by atoms with Gasteiger partial charge in [0.1, 0.15) is 0 Å². The summed E-state index contributed by atoms with van der Waals surface area (Å²) < 4.78 is 0. The highest BCUT2D eigenvalue weighted by Gasteiger charge is 2.18. The largest absolute Gasteiger partial charge is 0.345 e. The number of nitrogens with zero attached hydrogens (tertiary/aromatic N) is 1. The predicted molar refractivity (Wildman–Crippen MR) is 81.3 cm³/mol. The molecular formula is C16H20N2O2. The molecule has 1 aromatic carbocycles. The molecule has 0 atom stereocenters. The van der Waals surface area contributed by atoms with Crippen LogP contribution in [-0.2, 0) is 5.41 Å². The lowest BCUT2D eigenvalue weighted by molar-refractivity contribution is 0.0829. The van der Waals surface area contributed by atoms with Gasteiger partial charge in [0.15, 0.2) is 0 Å².